The van der Waals surface area contributed by atoms with Gasteiger partial charge in [-0.2, -0.15) is 0 Å². The van der Waals surface area contributed by atoms with Crippen LogP contribution in [0.15, 0.2) is 73.2 Å². The van der Waals surface area contributed by atoms with Crippen molar-refractivity contribution in [3.05, 3.63) is 94.4 Å². The lowest BCUT2D eigenvalue weighted by Crippen LogP contribution is -2.32. The van der Waals surface area contributed by atoms with E-state index in [4.69, 9.17) is 0 Å². The zero-order valence-electron chi connectivity index (χ0n) is 14.0. The lowest BCUT2D eigenvalue weighted by molar-refractivity contribution is -0.389. The molecule has 3 rings (SSSR count). The van der Waals surface area contributed by atoms with E-state index in [1.807, 2.05) is 60.7 Å². The van der Waals surface area contributed by atoms with Crippen molar-refractivity contribution in [2.45, 2.75) is 19.0 Å². The maximum absolute atomic E-state index is 12.4. The Morgan fingerprint density at radius 2 is 1.77 bits per heavy atom. The van der Waals surface area contributed by atoms with Crippen molar-refractivity contribution in [1.29, 1.82) is 0 Å². The quantitative estimate of drug-likeness (QED) is 0.524. The van der Waals surface area contributed by atoms with Gasteiger partial charge in [-0.3, -0.25) is 4.79 Å². The zero-order valence-corrected chi connectivity index (χ0v) is 14.0. The molecule has 1 amide bonds. The van der Waals surface area contributed by atoms with Crippen molar-refractivity contribution < 1.29 is 9.72 Å². The first-order valence-electron chi connectivity index (χ1n) is 8.16. The molecule has 0 aliphatic heterocycles. The molecule has 7 heteroatoms. The number of aromatic nitrogens is 2. The van der Waals surface area contributed by atoms with Gasteiger partial charge in [-0.1, -0.05) is 60.7 Å². The van der Waals surface area contributed by atoms with Crippen LogP contribution >= 0.6 is 0 Å². The Labute approximate surface area is 150 Å². The number of imidazole rings is 1. The van der Waals surface area contributed by atoms with Gasteiger partial charge in [0.05, 0.1) is 6.04 Å². The van der Waals surface area contributed by atoms with Gasteiger partial charge in [-0.05, 0) is 27.5 Å². The van der Waals surface area contributed by atoms with E-state index >= 15 is 0 Å². The molecule has 0 fully saturated rings. The predicted octanol–water partition coefficient (Wildman–Crippen LogP) is 2.89. The van der Waals surface area contributed by atoms with Gasteiger partial charge in [0.15, 0.2) is 0 Å². The molecule has 1 heterocycles. The molecule has 1 N–H and O–H groups in total. The number of carbonyl (C=O) groups excluding carboxylic acids is 1. The number of nitrogens with zero attached hydrogens (tertiary/aromatic N) is 3. The van der Waals surface area contributed by atoms with Crippen LogP contribution in [0.25, 0.3) is 0 Å². The third kappa shape index (κ3) is 4.54. The number of hydrogen-bond acceptors (Lipinski definition) is 4. The van der Waals surface area contributed by atoms with Gasteiger partial charge < -0.3 is 20.0 Å². The summed E-state index contributed by atoms with van der Waals surface area (Å²) in [4.78, 5) is 26.2. The minimum atomic E-state index is -0.587. The van der Waals surface area contributed by atoms with Gasteiger partial charge in [0, 0.05) is 0 Å². The largest absolute Gasteiger partial charge is 0.381 e. The summed E-state index contributed by atoms with van der Waals surface area (Å²) in [7, 11) is 0. The summed E-state index contributed by atoms with van der Waals surface area (Å²) in [5, 5.41) is 13.7. The molecular formula is C19H18N4O3. The second-order valence-electron chi connectivity index (χ2n) is 5.88. The Morgan fingerprint density at radius 3 is 2.38 bits per heavy atom. The molecule has 0 spiro atoms. The molecule has 132 valence electrons. The molecule has 0 aliphatic carbocycles. The molecule has 0 saturated heterocycles. The van der Waals surface area contributed by atoms with Crippen LogP contribution in [0.1, 0.15) is 17.2 Å². The normalized spacial score (nSPS) is 11.7. The number of hydrogen-bond donors (Lipinski definition) is 1. The van der Waals surface area contributed by atoms with Crippen LogP contribution in [0.5, 0.6) is 0 Å². The molecule has 7 nitrogen and oxygen atoms in total. The highest BCUT2D eigenvalue weighted by Gasteiger charge is 2.17. The molecule has 1 unspecified atom stereocenters. The Balaban J connectivity index is 1.72. The first-order chi connectivity index (χ1) is 12.6. The number of nitro groups is 1. The van der Waals surface area contributed by atoms with Crippen LogP contribution in [0.4, 0.5) is 5.82 Å². The standard InChI is InChI=1S/C19H18N4O3/c24-19(13-22-12-18(20-14-22)23(25)26)21-17(16-9-5-2-6-10-16)11-15-7-3-1-4-8-15/h1-10,12,14,17H,11,13H2,(H,21,24). The second-order valence-corrected chi connectivity index (χ2v) is 5.88. The third-order valence-electron chi connectivity index (χ3n) is 3.95. The summed E-state index contributed by atoms with van der Waals surface area (Å²) < 4.78 is 1.40. The van der Waals surface area contributed by atoms with E-state index in [0.717, 1.165) is 11.1 Å². The summed E-state index contributed by atoms with van der Waals surface area (Å²) in [5.41, 5.74) is 2.11. The minimum absolute atomic E-state index is 0.0288. The summed E-state index contributed by atoms with van der Waals surface area (Å²) >= 11 is 0. The van der Waals surface area contributed by atoms with Crippen LogP contribution < -0.4 is 5.32 Å². The van der Waals surface area contributed by atoms with Gasteiger partial charge in [0.1, 0.15) is 12.7 Å². The Bertz CT molecular complexity index is 878. The fourth-order valence-corrected chi connectivity index (χ4v) is 2.72. The van der Waals surface area contributed by atoms with Crippen molar-refractivity contribution >= 4 is 11.7 Å². The molecule has 26 heavy (non-hydrogen) atoms. The summed E-state index contributed by atoms with van der Waals surface area (Å²) in [6.07, 6.45) is 3.18. The SMILES string of the molecule is O=C(Cn1cnc([N+](=O)[O-])c1)NC(Cc1ccccc1)c1ccccc1. The fourth-order valence-electron chi connectivity index (χ4n) is 2.72. The summed E-state index contributed by atoms with van der Waals surface area (Å²) in [6, 6.07) is 19.4. The highest BCUT2D eigenvalue weighted by Crippen LogP contribution is 2.18. The molecule has 0 saturated carbocycles. The number of rotatable bonds is 7. The van der Waals surface area contributed by atoms with Crippen molar-refractivity contribution in [1.82, 2.24) is 14.9 Å². The van der Waals surface area contributed by atoms with E-state index in [-0.39, 0.29) is 24.3 Å². The van der Waals surface area contributed by atoms with E-state index in [9.17, 15) is 14.9 Å². The second kappa shape index (κ2) is 8.06. The lowest BCUT2D eigenvalue weighted by atomic mass is 9.99. The van der Waals surface area contributed by atoms with E-state index in [2.05, 4.69) is 10.3 Å². The smallest absolute Gasteiger partial charge is 0.358 e. The van der Waals surface area contributed by atoms with Crippen LogP contribution in [0.3, 0.4) is 0 Å². The lowest BCUT2D eigenvalue weighted by Gasteiger charge is -2.19. The number of nitrogens with one attached hydrogen (secondary N) is 1. The highest BCUT2D eigenvalue weighted by molar-refractivity contribution is 5.76. The van der Waals surface area contributed by atoms with E-state index in [1.165, 1.54) is 17.1 Å². The van der Waals surface area contributed by atoms with Crippen LogP contribution in [-0.4, -0.2) is 20.4 Å². The first kappa shape index (κ1) is 17.3. The van der Waals surface area contributed by atoms with Crippen molar-refractivity contribution in [3.8, 4) is 0 Å². The first-order valence-corrected chi connectivity index (χ1v) is 8.16. The average molecular weight is 350 g/mol. The monoisotopic (exact) mass is 350 g/mol. The average Bonchev–Trinajstić information content (AvgIpc) is 3.11. The molecule has 0 radical (unpaired) electrons. The van der Waals surface area contributed by atoms with Crippen molar-refractivity contribution in [2.24, 2.45) is 0 Å². The summed E-state index contributed by atoms with van der Waals surface area (Å²) in [5.74, 6) is -0.510. The maximum Gasteiger partial charge on any atom is 0.381 e. The molecule has 3 aromatic rings. The van der Waals surface area contributed by atoms with Crippen LogP contribution in [0, 0.1) is 10.1 Å². The molecule has 0 aliphatic rings. The molecule has 1 atom stereocenters. The van der Waals surface area contributed by atoms with Gasteiger partial charge >= 0.3 is 5.82 Å². The van der Waals surface area contributed by atoms with E-state index in [0.29, 0.717) is 6.42 Å². The predicted molar refractivity (Wildman–Crippen MR) is 96.4 cm³/mol. The van der Waals surface area contributed by atoms with Gasteiger partial charge in [0.2, 0.25) is 12.2 Å². The Morgan fingerprint density at radius 1 is 1.12 bits per heavy atom. The van der Waals surface area contributed by atoms with Crippen molar-refractivity contribution in [3.63, 3.8) is 0 Å². The topological polar surface area (TPSA) is 90.1 Å². The highest BCUT2D eigenvalue weighted by atomic mass is 16.6. The zero-order chi connectivity index (χ0) is 18.4. The van der Waals surface area contributed by atoms with Gasteiger partial charge in [-0.15, -0.1) is 0 Å². The minimum Gasteiger partial charge on any atom is -0.358 e. The maximum atomic E-state index is 12.4. The van der Waals surface area contributed by atoms with E-state index in [1.54, 1.807) is 0 Å². The fraction of sp³-hybridized carbons (Fsp3) is 0.158. The summed E-state index contributed by atoms with van der Waals surface area (Å²) in [6.45, 7) is -0.0288. The number of benzene rings is 2. The van der Waals surface area contributed by atoms with Crippen LogP contribution in [0.2, 0.25) is 0 Å². The molecule has 2 aromatic carbocycles. The molecule has 1 aromatic heterocycles. The van der Waals surface area contributed by atoms with E-state index < -0.39 is 4.92 Å². The van der Waals surface area contributed by atoms with Gasteiger partial charge in [-0.25, -0.2) is 0 Å². The van der Waals surface area contributed by atoms with Crippen molar-refractivity contribution in [2.75, 3.05) is 0 Å². The molecule has 0 bridgehead atoms. The third-order valence-corrected chi connectivity index (χ3v) is 3.95. The van der Waals surface area contributed by atoms with Gasteiger partial charge in [0.25, 0.3) is 0 Å². The van der Waals surface area contributed by atoms with Crippen LogP contribution in [-0.2, 0) is 17.8 Å². The Hall–Kier alpha value is -3.48. The number of amides is 1. The molecular weight excluding hydrogens is 332 g/mol. The number of carbonyl (C=O) groups is 1. The Kier molecular flexibility index (Phi) is 5.38.